The van der Waals surface area contributed by atoms with E-state index in [1.165, 1.54) is 0 Å². The number of urea groups is 1. The van der Waals surface area contributed by atoms with Gasteiger partial charge < -0.3 is 15.0 Å². The Morgan fingerprint density at radius 1 is 1.41 bits per heavy atom. The quantitative estimate of drug-likeness (QED) is 0.716. The summed E-state index contributed by atoms with van der Waals surface area (Å²) in [4.78, 5) is 24.8. The Hall–Kier alpha value is -1.26. The summed E-state index contributed by atoms with van der Waals surface area (Å²) in [6.07, 6.45) is 2.14. The van der Waals surface area contributed by atoms with Crippen LogP contribution in [0.4, 0.5) is 4.79 Å². The average Bonchev–Trinajstić information content (AvgIpc) is 3.06. The summed E-state index contributed by atoms with van der Waals surface area (Å²) < 4.78 is 4.76. The summed E-state index contributed by atoms with van der Waals surface area (Å²) in [7, 11) is 0. The van der Waals surface area contributed by atoms with E-state index in [9.17, 15) is 9.59 Å². The van der Waals surface area contributed by atoms with E-state index in [4.69, 9.17) is 4.74 Å². The number of carbonyl (C=O) groups is 2. The fourth-order valence-electron chi connectivity index (χ4n) is 1.64. The number of nitrogens with one attached hydrogen (secondary N) is 1. The van der Waals surface area contributed by atoms with Crippen molar-refractivity contribution in [1.82, 2.24) is 10.2 Å². The van der Waals surface area contributed by atoms with E-state index in [0.717, 1.165) is 19.4 Å². The molecule has 1 saturated carbocycles. The van der Waals surface area contributed by atoms with Gasteiger partial charge in [0.05, 0.1) is 6.61 Å². The molecule has 1 aliphatic rings. The van der Waals surface area contributed by atoms with Gasteiger partial charge in [0.25, 0.3) is 0 Å². The van der Waals surface area contributed by atoms with Gasteiger partial charge in [-0.05, 0) is 25.7 Å². The second-order valence-electron chi connectivity index (χ2n) is 4.74. The maximum absolute atomic E-state index is 11.9. The summed E-state index contributed by atoms with van der Waals surface area (Å²) in [6.45, 7) is 6.93. The van der Waals surface area contributed by atoms with Gasteiger partial charge in [-0.2, -0.15) is 0 Å². The zero-order valence-electron chi connectivity index (χ0n) is 10.9. The fourth-order valence-corrected chi connectivity index (χ4v) is 1.64. The summed E-state index contributed by atoms with van der Waals surface area (Å²) in [6, 6.07) is 0.203. The lowest BCUT2D eigenvalue weighted by molar-refractivity contribution is -0.141. The molecule has 1 rings (SSSR count). The molecule has 5 heteroatoms. The molecule has 2 amide bonds. The molecule has 0 spiro atoms. The lowest BCUT2D eigenvalue weighted by atomic mass is 10.2. The van der Waals surface area contributed by atoms with E-state index >= 15 is 0 Å². The molecule has 0 unspecified atom stereocenters. The Morgan fingerprint density at radius 3 is 2.53 bits per heavy atom. The zero-order chi connectivity index (χ0) is 12.8. The number of rotatable bonds is 6. The Balaban J connectivity index is 2.34. The number of nitrogens with zero attached hydrogens (tertiary/aromatic N) is 1. The van der Waals surface area contributed by atoms with Gasteiger partial charge in [0.2, 0.25) is 0 Å². The van der Waals surface area contributed by atoms with Crippen LogP contribution in [0.25, 0.3) is 0 Å². The van der Waals surface area contributed by atoms with Gasteiger partial charge in [-0.3, -0.25) is 4.79 Å². The molecule has 17 heavy (non-hydrogen) atoms. The zero-order valence-corrected chi connectivity index (χ0v) is 10.9. The van der Waals surface area contributed by atoms with E-state index in [0.29, 0.717) is 18.6 Å². The third kappa shape index (κ3) is 5.06. The summed E-state index contributed by atoms with van der Waals surface area (Å²) in [5.41, 5.74) is 0. The highest BCUT2D eigenvalue weighted by molar-refractivity contribution is 5.81. The minimum atomic E-state index is -0.388. The normalized spacial score (nSPS) is 14.6. The first kappa shape index (κ1) is 13.8. The molecule has 0 saturated heterocycles. The van der Waals surface area contributed by atoms with Gasteiger partial charge in [-0.1, -0.05) is 13.8 Å². The molecule has 0 bridgehead atoms. The van der Waals surface area contributed by atoms with Crippen molar-refractivity contribution < 1.29 is 14.3 Å². The molecule has 98 valence electrons. The van der Waals surface area contributed by atoms with E-state index in [1.807, 2.05) is 4.90 Å². The van der Waals surface area contributed by atoms with Crippen LogP contribution in [0, 0.1) is 5.92 Å². The van der Waals surface area contributed by atoms with Crippen molar-refractivity contribution in [3.8, 4) is 0 Å². The Bertz CT molecular complexity index is 275. The predicted molar refractivity (Wildman–Crippen MR) is 64.6 cm³/mol. The Morgan fingerprint density at radius 2 is 2.06 bits per heavy atom. The van der Waals surface area contributed by atoms with Crippen molar-refractivity contribution in [3.05, 3.63) is 0 Å². The number of ether oxygens (including phenoxy) is 1. The Kier molecular flexibility index (Phi) is 5.25. The van der Waals surface area contributed by atoms with Crippen LogP contribution >= 0.6 is 0 Å². The van der Waals surface area contributed by atoms with E-state index in [-0.39, 0.29) is 18.5 Å². The first-order valence-electron chi connectivity index (χ1n) is 6.24. The SMILES string of the molecule is CCOC(=O)CNC(=O)N(CC(C)C)C1CC1. The van der Waals surface area contributed by atoms with Gasteiger partial charge in [-0.15, -0.1) is 0 Å². The minimum Gasteiger partial charge on any atom is -0.465 e. The largest absolute Gasteiger partial charge is 0.465 e. The molecule has 0 heterocycles. The van der Waals surface area contributed by atoms with Crippen molar-refractivity contribution >= 4 is 12.0 Å². The molecular formula is C12H22N2O3. The number of hydrogen-bond acceptors (Lipinski definition) is 3. The fraction of sp³-hybridized carbons (Fsp3) is 0.833. The summed E-state index contributed by atoms with van der Waals surface area (Å²) >= 11 is 0. The van der Waals surface area contributed by atoms with Crippen LogP contribution in [0.1, 0.15) is 33.6 Å². The maximum atomic E-state index is 11.9. The topological polar surface area (TPSA) is 58.6 Å². The first-order valence-corrected chi connectivity index (χ1v) is 6.24. The van der Waals surface area contributed by atoms with Crippen molar-refractivity contribution in [2.24, 2.45) is 5.92 Å². The van der Waals surface area contributed by atoms with Gasteiger partial charge in [0.1, 0.15) is 6.54 Å². The molecule has 1 N–H and O–H groups in total. The van der Waals surface area contributed by atoms with Crippen LogP contribution in [0.15, 0.2) is 0 Å². The summed E-state index contributed by atoms with van der Waals surface area (Å²) in [5.74, 6) is 0.0464. The highest BCUT2D eigenvalue weighted by atomic mass is 16.5. The van der Waals surface area contributed by atoms with Gasteiger partial charge in [0, 0.05) is 12.6 Å². The van der Waals surface area contributed by atoms with Gasteiger partial charge >= 0.3 is 12.0 Å². The standard InChI is InChI=1S/C12H22N2O3/c1-4-17-11(15)7-13-12(16)14(8-9(2)3)10-5-6-10/h9-10H,4-8H2,1-3H3,(H,13,16). The third-order valence-corrected chi connectivity index (χ3v) is 2.50. The number of amides is 2. The van der Waals surface area contributed by atoms with Crippen LogP contribution in [-0.4, -0.2) is 42.6 Å². The smallest absolute Gasteiger partial charge is 0.325 e. The van der Waals surface area contributed by atoms with E-state index in [1.54, 1.807) is 6.92 Å². The van der Waals surface area contributed by atoms with Crippen LogP contribution < -0.4 is 5.32 Å². The molecule has 0 radical (unpaired) electrons. The lowest BCUT2D eigenvalue weighted by Crippen LogP contribution is -2.45. The molecular weight excluding hydrogens is 220 g/mol. The third-order valence-electron chi connectivity index (χ3n) is 2.50. The second-order valence-corrected chi connectivity index (χ2v) is 4.74. The van der Waals surface area contributed by atoms with Crippen LogP contribution in [0.2, 0.25) is 0 Å². The molecule has 0 aromatic rings. The molecule has 0 aliphatic heterocycles. The molecule has 1 fully saturated rings. The highest BCUT2D eigenvalue weighted by Gasteiger charge is 2.32. The van der Waals surface area contributed by atoms with Crippen molar-refractivity contribution in [1.29, 1.82) is 0 Å². The number of esters is 1. The van der Waals surface area contributed by atoms with Gasteiger partial charge in [0.15, 0.2) is 0 Å². The van der Waals surface area contributed by atoms with Gasteiger partial charge in [-0.25, -0.2) is 4.79 Å². The first-order chi connectivity index (χ1) is 8.04. The van der Waals surface area contributed by atoms with E-state index in [2.05, 4.69) is 19.2 Å². The predicted octanol–water partition coefficient (Wildman–Crippen LogP) is 1.38. The van der Waals surface area contributed by atoms with Crippen molar-refractivity contribution in [2.45, 2.75) is 39.7 Å². The Labute approximate surface area is 102 Å². The molecule has 0 atom stereocenters. The highest BCUT2D eigenvalue weighted by Crippen LogP contribution is 2.27. The average molecular weight is 242 g/mol. The molecule has 1 aliphatic carbocycles. The second kappa shape index (κ2) is 6.47. The van der Waals surface area contributed by atoms with Crippen LogP contribution in [-0.2, 0) is 9.53 Å². The summed E-state index contributed by atoms with van der Waals surface area (Å²) in [5, 5.41) is 2.61. The maximum Gasteiger partial charge on any atom is 0.325 e. The van der Waals surface area contributed by atoms with Crippen LogP contribution in [0.5, 0.6) is 0 Å². The number of hydrogen-bond donors (Lipinski definition) is 1. The number of carbonyl (C=O) groups excluding carboxylic acids is 2. The monoisotopic (exact) mass is 242 g/mol. The molecule has 0 aromatic heterocycles. The van der Waals surface area contributed by atoms with Crippen molar-refractivity contribution in [3.63, 3.8) is 0 Å². The lowest BCUT2D eigenvalue weighted by Gasteiger charge is -2.24. The van der Waals surface area contributed by atoms with E-state index < -0.39 is 0 Å². The molecule has 0 aromatic carbocycles. The minimum absolute atomic E-state index is 0.0476. The van der Waals surface area contributed by atoms with Crippen molar-refractivity contribution in [2.75, 3.05) is 19.7 Å². The molecule has 5 nitrogen and oxygen atoms in total. The van der Waals surface area contributed by atoms with Crippen LogP contribution in [0.3, 0.4) is 0 Å².